The molecule has 28 heavy (non-hydrogen) atoms. The van der Waals surface area contributed by atoms with Crippen LogP contribution >= 0.6 is 15.9 Å². The van der Waals surface area contributed by atoms with Crippen molar-refractivity contribution < 1.29 is 14.3 Å². The Kier molecular flexibility index (Phi) is 6.40. The molecular formula is C23H18BrNO3. The van der Waals surface area contributed by atoms with Crippen molar-refractivity contribution in [3.8, 4) is 11.5 Å². The standard InChI is InChI=1S/C23H18BrNO3/c1-16(26)21(25-23(27)18-7-3-2-4-8-18)15-17-11-13-19(14-12-17)28-22-10-6-5-9-20(22)24/h2-15H,1H3,(H,25,27)/b21-15-. The van der Waals surface area contributed by atoms with Crippen molar-refractivity contribution in [3.63, 3.8) is 0 Å². The van der Waals surface area contributed by atoms with Gasteiger partial charge in [-0.15, -0.1) is 0 Å². The summed E-state index contributed by atoms with van der Waals surface area (Å²) >= 11 is 3.45. The fourth-order valence-corrected chi connectivity index (χ4v) is 2.83. The highest BCUT2D eigenvalue weighted by atomic mass is 79.9. The number of hydrogen-bond acceptors (Lipinski definition) is 3. The van der Waals surface area contributed by atoms with Gasteiger partial charge in [-0.2, -0.15) is 0 Å². The molecule has 0 saturated carbocycles. The minimum absolute atomic E-state index is 0.224. The first kappa shape index (κ1) is 19.6. The first-order chi connectivity index (χ1) is 13.5. The van der Waals surface area contributed by atoms with Crippen LogP contribution in [0, 0.1) is 0 Å². The van der Waals surface area contributed by atoms with E-state index in [-0.39, 0.29) is 17.4 Å². The second-order valence-corrected chi connectivity index (χ2v) is 6.89. The molecule has 0 radical (unpaired) electrons. The van der Waals surface area contributed by atoms with Crippen LogP contribution in [0.3, 0.4) is 0 Å². The molecule has 4 nitrogen and oxygen atoms in total. The van der Waals surface area contributed by atoms with Crippen LogP contribution in [-0.4, -0.2) is 11.7 Å². The summed E-state index contributed by atoms with van der Waals surface area (Å²) in [7, 11) is 0. The van der Waals surface area contributed by atoms with Gasteiger partial charge in [0.25, 0.3) is 5.91 Å². The van der Waals surface area contributed by atoms with Gasteiger partial charge in [0.05, 0.1) is 10.2 Å². The van der Waals surface area contributed by atoms with Gasteiger partial charge in [0.1, 0.15) is 11.5 Å². The summed E-state index contributed by atoms with van der Waals surface area (Å²) in [6.07, 6.45) is 1.64. The first-order valence-electron chi connectivity index (χ1n) is 8.64. The maximum atomic E-state index is 12.3. The number of nitrogens with one attached hydrogen (secondary N) is 1. The molecule has 5 heteroatoms. The van der Waals surface area contributed by atoms with Crippen molar-refractivity contribution in [2.24, 2.45) is 0 Å². The van der Waals surface area contributed by atoms with Crippen LogP contribution in [-0.2, 0) is 4.79 Å². The molecule has 0 aromatic heterocycles. The lowest BCUT2D eigenvalue weighted by atomic mass is 10.1. The minimum atomic E-state index is -0.323. The summed E-state index contributed by atoms with van der Waals surface area (Å²) in [5.41, 5.74) is 1.50. The van der Waals surface area contributed by atoms with Gasteiger partial charge in [0, 0.05) is 12.5 Å². The largest absolute Gasteiger partial charge is 0.456 e. The lowest BCUT2D eigenvalue weighted by molar-refractivity contribution is -0.113. The molecule has 0 aliphatic carbocycles. The van der Waals surface area contributed by atoms with Crippen molar-refractivity contribution in [1.29, 1.82) is 0 Å². The molecule has 0 atom stereocenters. The van der Waals surface area contributed by atoms with E-state index in [0.29, 0.717) is 17.1 Å². The Hall–Kier alpha value is -3.18. The van der Waals surface area contributed by atoms with E-state index < -0.39 is 0 Å². The predicted molar refractivity (Wildman–Crippen MR) is 113 cm³/mol. The quantitative estimate of drug-likeness (QED) is 0.512. The Morgan fingerprint density at radius 2 is 1.54 bits per heavy atom. The number of para-hydroxylation sites is 1. The van der Waals surface area contributed by atoms with Gasteiger partial charge in [-0.05, 0) is 64.0 Å². The molecule has 0 fully saturated rings. The van der Waals surface area contributed by atoms with E-state index in [4.69, 9.17) is 4.74 Å². The van der Waals surface area contributed by atoms with Crippen LogP contribution in [0.25, 0.3) is 6.08 Å². The predicted octanol–water partition coefficient (Wildman–Crippen LogP) is 5.60. The van der Waals surface area contributed by atoms with Crippen LogP contribution < -0.4 is 10.1 Å². The maximum absolute atomic E-state index is 12.3. The minimum Gasteiger partial charge on any atom is -0.456 e. The van der Waals surface area contributed by atoms with Gasteiger partial charge < -0.3 is 10.1 Å². The number of amides is 1. The van der Waals surface area contributed by atoms with Gasteiger partial charge in [0.15, 0.2) is 5.78 Å². The highest BCUT2D eigenvalue weighted by Gasteiger charge is 2.11. The molecule has 1 N–H and O–H groups in total. The number of halogens is 1. The van der Waals surface area contributed by atoms with Crippen molar-refractivity contribution in [1.82, 2.24) is 5.32 Å². The van der Waals surface area contributed by atoms with E-state index in [1.807, 2.05) is 54.6 Å². The van der Waals surface area contributed by atoms with Gasteiger partial charge in [-0.1, -0.05) is 42.5 Å². The van der Waals surface area contributed by atoms with Gasteiger partial charge in [0.2, 0.25) is 0 Å². The van der Waals surface area contributed by atoms with E-state index in [1.54, 1.807) is 30.3 Å². The average Bonchev–Trinajstić information content (AvgIpc) is 2.71. The second kappa shape index (κ2) is 9.15. The van der Waals surface area contributed by atoms with Crippen LogP contribution in [0.15, 0.2) is 89.0 Å². The van der Waals surface area contributed by atoms with Crippen LogP contribution in [0.1, 0.15) is 22.8 Å². The summed E-state index contributed by atoms with van der Waals surface area (Å²) < 4.78 is 6.70. The zero-order chi connectivity index (χ0) is 19.9. The summed E-state index contributed by atoms with van der Waals surface area (Å²) in [6, 6.07) is 23.6. The number of allylic oxidation sites excluding steroid dienone is 1. The number of carbonyl (C=O) groups is 2. The van der Waals surface area contributed by atoms with E-state index in [0.717, 1.165) is 10.0 Å². The summed E-state index contributed by atoms with van der Waals surface area (Å²) in [5.74, 6) is 0.834. The lowest BCUT2D eigenvalue weighted by Crippen LogP contribution is -2.26. The molecule has 0 unspecified atom stereocenters. The fraction of sp³-hybridized carbons (Fsp3) is 0.0435. The maximum Gasteiger partial charge on any atom is 0.255 e. The van der Waals surface area contributed by atoms with E-state index >= 15 is 0 Å². The normalized spacial score (nSPS) is 11.0. The lowest BCUT2D eigenvalue weighted by Gasteiger charge is -2.09. The molecule has 0 saturated heterocycles. The SMILES string of the molecule is CC(=O)/C(=C/c1ccc(Oc2ccccc2Br)cc1)NC(=O)c1ccccc1. The van der Waals surface area contributed by atoms with Crippen LogP contribution in [0.2, 0.25) is 0 Å². The van der Waals surface area contributed by atoms with Crippen LogP contribution in [0.4, 0.5) is 0 Å². The van der Waals surface area contributed by atoms with Crippen molar-refractivity contribution in [3.05, 3.63) is 100 Å². The monoisotopic (exact) mass is 435 g/mol. The summed E-state index contributed by atoms with van der Waals surface area (Å²) in [4.78, 5) is 24.3. The third-order valence-electron chi connectivity index (χ3n) is 3.92. The third kappa shape index (κ3) is 5.18. The molecule has 0 aliphatic rings. The molecule has 0 aliphatic heterocycles. The first-order valence-corrected chi connectivity index (χ1v) is 9.44. The number of ketones is 1. The number of rotatable bonds is 6. The molecule has 3 aromatic carbocycles. The van der Waals surface area contributed by atoms with E-state index in [2.05, 4.69) is 21.2 Å². The number of carbonyl (C=O) groups excluding carboxylic acids is 2. The molecule has 3 rings (SSSR count). The Bertz CT molecular complexity index is 1010. The molecule has 3 aromatic rings. The number of ether oxygens (including phenoxy) is 1. The van der Waals surface area contributed by atoms with E-state index in [1.165, 1.54) is 6.92 Å². The van der Waals surface area contributed by atoms with Gasteiger partial charge in [-0.25, -0.2) is 0 Å². The smallest absolute Gasteiger partial charge is 0.255 e. The molecule has 1 amide bonds. The molecule has 0 heterocycles. The summed E-state index contributed by atoms with van der Waals surface area (Å²) in [6.45, 7) is 1.42. The Balaban J connectivity index is 1.75. The molecule has 0 spiro atoms. The average molecular weight is 436 g/mol. The topological polar surface area (TPSA) is 55.4 Å². The number of Topliss-reactive ketones (excluding diaryl/α,β-unsaturated/α-hetero) is 1. The number of hydrogen-bond donors (Lipinski definition) is 1. The zero-order valence-corrected chi connectivity index (χ0v) is 16.8. The Morgan fingerprint density at radius 3 is 2.18 bits per heavy atom. The Labute approximate surface area is 172 Å². The van der Waals surface area contributed by atoms with Crippen LogP contribution in [0.5, 0.6) is 11.5 Å². The Morgan fingerprint density at radius 1 is 0.893 bits per heavy atom. The fourth-order valence-electron chi connectivity index (χ4n) is 2.46. The molecular weight excluding hydrogens is 418 g/mol. The summed E-state index contributed by atoms with van der Waals surface area (Å²) in [5, 5.41) is 2.68. The highest BCUT2D eigenvalue weighted by Crippen LogP contribution is 2.29. The zero-order valence-electron chi connectivity index (χ0n) is 15.2. The second-order valence-electron chi connectivity index (χ2n) is 6.04. The number of benzene rings is 3. The molecule has 140 valence electrons. The van der Waals surface area contributed by atoms with Crippen molar-refractivity contribution >= 4 is 33.7 Å². The van der Waals surface area contributed by atoms with Gasteiger partial charge >= 0.3 is 0 Å². The highest BCUT2D eigenvalue weighted by molar-refractivity contribution is 9.10. The van der Waals surface area contributed by atoms with Crippen molar-refractivity contribution in [2.75, 3.05) is 0 Å². The van der Waals surface area contributed by atoms with E-state index in [9.17, 15) is 9.59 Å². The molecule has 0 bridgehead atoms. The van der Waals surface area contributed by atoms with Crippen molar-refractivity contribution in [2.45, 2.75) is 6.92 Å². The van der Waals surface area contributed by atoms with Gasteiger partial charge in [-0.3, -0.25) is 9.59 Å². The third-order valence-corrected chi connectivity index (χ3v) is 4.57.